The lowest BCUT2D eigenvalue weighted by Gasteiger charge is -2.31. The van der Waals surface area contributed by atoms with Crippen molar-refractivity contribution < 1.29 is 10.0 Å². The first-order valence-electron chi connectivity index (χ1n) is 5.74. The first-order valence-corrected chi connectivity index (χ1v) is 5.74. The zero-order valence-corrected chi connectivity index (χ0v) is 9.82. The maximum absolute atomic E-state index is 10.9. The Morgan fingerprint density at radius 2 is 2.22 bits per heavy atom. The van der Waals surface area contributed by atoms with Gasteiger partial charge in [0.15, 0.2) is 0 Å². The minimum atomic E-state index is -0.507. The van der Waals surface area contributed by atoms with Crippen LogP contribution in [0.4, 0.5) is 17.5 Å². The van der Waals surface area contributed by atoms with Crippen LogP contribution >= 0.6 is 0 Å². The molecule has 0 aromatic carbocycles. The van der Waals surface area contributed by atoms with Crippen LogP contribution in [0.5, 0.6) is 0 Å². The van der Waals surface area contributed by atoms with Gasteiger partial charge in [0.1, 0.15) is 6.20 Å². The summed E-state index contributed by atoms with van der Waals surface area (Å²) in [5.41, 5.74) is 5.34. The average Bonchev–Trinajstić information content (AvgIpc) is 2.38. The monoisotopic (exact) mass is 253 g/mol. The van der Waals surface area contributed by atoms with Gasteiger partial charge in [-0.05, 0) is 18.8 Å². The van der Waals surface area contributed by atoms with Crippen molar-refractivity contribution in [2.45, 2.75) is 12.8 Å². The standard InChI is InChI=1S/C10H15N5O3/c11-10-12-5-8(15(17)18)9(13-10)14-3-1-7(6-16)2-4-14/h5,7,16H,1-4,6H2,(H2,11,12,13). The van der Waals surface area contributed by atoms with Crippen molar-refractivity contribution in [2.24, 2.45) is 5.92 Å². The molecule has 0 amide bonds. The van der Waals surface area contributed by atoms with E-state index in [2.05, 4.69) is 9.97 Å². The molecule has 0 bridgehead atoms. The quantitative estimate of drug-likeness (QED) is 0.582. The van der Waals surface area contributed by atoms with E-state index in [9.17, 15) is 10.1 Å². The lowest BCUT2D eigenvalue weighted by Crippen LogP contribution is -2.35. The average molecular weight is 253 g/mol. The minimum Gasteiger partial charge on any atom is -0.396 e. The fourth-order valence-electron chi connectivity index (χ4n) is 2.07. The molecule has 3 N–H and O–H groups in total. The van der Waals surface area contributed by atoms with E-state index in [0.717, 1.165) is 19.0 Å². The molecular weight excluding hydrogens is 238 g/mol. The van der Waals surface area contributed by atoms with Crippen molar-refractivity contribution in [3.63, 3.8) is 0 Å². The SMILES string of the molecule is Nc1ncc([N+](=O)[O-])c(N2CCC(CO)CC2)n1. The Morgan fingerprint density at radius 3 is 2.78 bits per heavy atom. The molecule has 0 unspecified atom stereocenters. The number of hydrogen-bond acceptors (Lipinski definition) is 7. The molecule has 2 rings (SSSR count). The van der Waals surface area contributed by atoms with E-state index >= 15 is 0 Å². The topological polar surface area (TPSA) is 118 Å². The lowest BCUT2D eigenvalue weighted by atomic mass is 9.98. The number of aliphatic hydroxyl groups excluding tert-OH is 1. The minimum absolute atomic E-state index is 0.0277. The maximum atomic E-state index is 10.9. The third kappa shape index (κ3) is 2.48. The predicted molar refractivity (Wildman–Crippen MR) is 65.1 cm³/mol. The summed E-state index contributed by atoms with van der Waals surface area (Å²) in [4.78, 5) is 19.8. The molecule has 1 saturated heterocycles. The zero-order chi connectivity index (χ0) is 13.1. The Morgan fingerprint density at radius 1 is 1.56 bits per heavy atom. The highest BCUT2D eigenvalue weighted by Crippen LogP contribution is 2.29. The number of piperidine rings is 1. The third-order valence-electron chi connectivity index (χ3n) is 3.14. The summed E-state index contributed by atoms with van der Waals surface area (Å²) in [6.07, 6.45) is 2.71. The van der Waals surface area contributed by atoms with Gasteiger partial charge in [-0.15, -0.1) is 0 Å². The summed E-state index contributed by atoms with van der Waals surface area (Å²) in [5, 5.41) is 20.0. The van der Waals surface area contributed by atoms with Crippen LogP contribution in [0.2, 0.25) is 0 Å². The summed E-state index contributed by atoms with van der Waals surface area (Å²) >= 11 is 0. The Balaban J connectivity index is 2.22. The molecule has 2 heterocycles. The van der Waals surface area contributed by atoms with Gasteiger partial charge in [0.25, 0.3) is 0 Å². The molecule has 0 radical (unpaired) electrons. The summed E-state index contributed by atoms with van der Waals surface area (Å²) in [6.45, 7) is 1.41. The molecule has 0 saturated carbocycles. The fourth-order valence-corrected chi connectivity index (χ4v) is 2.07. The number of anilines is 2. The van der Waals surface area contributed by atoms with Crippen molar-refractivity contribution in [2.75, 3.05) is 30.3 Å². The maximum Gasteiger partial charge on any atom is 0.329 e. The normalized spacial score (nSPS) is 16.8. The number of nitrogens with zero attached hydrogens (tertiary/aromatic N) is 4. The van der Waals surface area contributed by atoms with Crippen LogP contribution in [0.3, 0.4) is 0 Å². The number of nitrogen functional groups attached to an aromatic ring is 1. The van der Waals surface area contributed by atoms with Gasteiger partial charge in [0.2, 0.25) is 11.8 Å². The predicted octanol–water partition coefficient (Wildman–Crippen LogP) is 0.176. The van der Waals surface area contributed by atoms with Gasteiger partial charge < -0.3 is 15.7 Å². The van der Waals surface area contributed by atoms with Gasteiger partial charge in [-0.3, -0.25) is 10.1 Å². The van der Waals surface area contributed by atoms with E-state index < -0.39 is 4.92 Å². The number of nitrogens with two attached hydrogens (primary N) is 1. The van der Waals surface area contributed by atoms with Crippen molar-refractivity contribution in [3.05, 3.63) is 16.3 Å². The highest BCUT2D eigenvalue weighted by atomic mass is 16.6. The Kier molecular flexibility index (Phi) is 3.56. The summed E-state index contributed by atoms with van der Waals surface area (Å²) in [7, 11) is 0. The van der Waals surface area contributed by atoms with Crippen LogP contribution in [-0.2, 0) is 0 Å². The Bertz CT molecular complexity index is 445. The first-order chi connectivity index (χ1) is 8.61. The molecule has 1 fully saturated rings. The van der Waals surface area contributed by atoms with E-state index in [1.54, 1.807) is 0 Å². The van der Waals surface area contributed by atoms with Crippen LogP contribution in [0.1, 0.15) is 12.8 Å². The van der Waals surface area contributed by atoms with Crippen molar-refractivity contribution in [3.8, 4) is 0 Å². The van der Waals surface area contributed by atoms with Crippen LogP contribution in [-0.4, -0.2) is 39.7 Å². The van der Waals surface area contributed by atoms with E-state index in [1.165, 1.54) is 0 Å². The third-order valence-corrected chi connectivity index (χ3v) is 3.14. The Hall–Kier alpha value is -1.96. The summed E-state index contributed by atoms with van der Waals surface area (Å²) < 4.78 is 0. The number of aromatic nitrogens is 2. The lowest BCUT2D eigenvalue weighted by molar-refractivity contribution is -0.384. The summed E-state index contributed by atoms with van der Waals surface area (Å²) in [6, 6.07) is 0. The van der Waals surface area contributed by atoms with E-state index in [0.29, 0.717) is 13.1 Å². The van der Waals surface area contributed by atoms with Gasteiger partial charge in [0, 0.05) is 19.7 Å². The van der Waals surface area contributed by atoms with Gasteiger partial charge in [0.05, 0.1) is 4.92 Å². The van der Waals surface area contributed by atoms with Gasteiger partial charge >= 0.3 is 5.69 Å². The number of rotatable bonds is 3. The molecule has 0 atom stereocenters. The number of hydrogen-bond donors (Lipinski definition) is 2. The van der Waals surface area contributed by atoms with Crippen LogP contribution in [0.15, 0.2) is 6.20 Å². The molecule has 1 aliphatic rings. The van der Waals surface area contributed by atoms with Crippen LogP contribution in [0, 0.1) is 16.0 Å². The van der Waals surface area contributed by atoms with E-state index in [-0.39, 0.29) is 30.0 Å². The highest BCUT2D eigenvalue weighted by molar-refractivity contribution is 5.58. The molecule has 18 heavy (non-hydrogen) atoms. The number of aliphatic hydroxyl groups is 1. The molecular formula is C10H15N5O3. The molecule has 8 heteroatoms. The van der Waals surface area contributed by atoms with Crippen molar-refractivity contribution in [1.82, 2.24) is 9.97 Å². The molecule has 8 nitrogen and oxygen atoms in total. The zero-order valence-electron chi connectivity index (χ0n) is 9.82. The molecule has 1 aromatic rings. The molecule has 0 aliphatic carbocycles. The van der Waals surface area contributed by atoms with E-state index in [4.69, 9.17) is 10.8 Å². The van der Waals surface area contributed by atoms with Gasteiger partial charge in [-0.25, -0.2) is 4.98 Å². The Labute approximate surface area is 104 Å². The second-order valence-electron chi connectivity index (χ2n) is 4.31. The van der Waals surface area contributed by atoms with Crippen molar-refractivity contribution in [1.29, 1.82) is 0 Å². The largest absolute Gasteiger partial charge is 0.396 e. The smallest absolute Gasteiger partial charge is 0.329 e. The van der Waals surface area contributed by atoms with Crippen molar-refractivity contribution >= 4 is 17.5 Å². The fraction of sp³-hybridized carbons (Fsp3) is 0.600. The molecule has 0 spiro atoms. The molecule has 1 aromatic heterocycles. The van der Waals surface area contributed by atoms with Gasteiger partial charge in [-0.1, -0.05) is 0 Å². The molecule has 1 aliphatic heterocycles. The second kappa shape index (κ2) is 5.13. The summed E-state index contributed by atoms with van der Waals surface area (Å²) in [5.74, 6) is 0.559. The number of nitro groups is 1. The van der Waals surface area contributed by atoms with E-state index in [1.807, 2.05) is 4.90 Å². The molecule has 98 valence electrons. The second-order valence-corrected chi connectivity index (χ2v) is 4.31. The van der Waals surface area contributed by atoms with Crippen LogP contribution in [0.25, 0.3) is 0 Å². The van der Waals surface area contributed by atoms with Crippen LogP contribution < -0.4 is 10.6 Å². The highest BCUT2D eigenvalue weighted by Gasteiger charge is 2.26. The first kappa shape index (κ1) is 12.5. The van der Waals surface area contributed by atoms with Gasteiger partial charge in [-0.2, -0.15) is 4.98 Å².